The van der Waals surface area contributed by atoms with Gasteiger partial charge in [0.15, 0.2) is 0 Å². The fourth-order valence-electron chi connectivity index (χ4n) is 1.98. The Hall–Kier alpha value is -1.46. The van der Waals surface area contributed by atoms with E-state index in [-0.39, 0.29) is 11.4 Å². The number of hydrogen-bond acceptors (Lipinski definition) is 1. The van der Waals surface area contributed by atoms with Gasteiger partial charge in [-0.1, -0.05) is 17.5 Å². The molecular weight excluding hydrogens is 234 g/mol. The molecule has 0 spiro atoms. The molecule has 0 radical (unpaired) electrons. The summed E-state index contributed by atoms with van der Waals surface area (Å²) in [6, 6.07) is 4.99. The Bertz CT molecular complexity index is 497. The molecule has 1 aromatic rings. The summed E-state index contributed by atoms with van der Waals surface area (Å²) in [6.07, 6.45) is 8.54. The highest BCUT2D eigenvalue weighted by atomic mass is 35.5. The third kappa shape index (κ3) is 2.62. The van der Waals surface area contributed by atoms with Crippen molar-refractivity contribution in [2.24, 2.45) is 0 Å². The van der Waals surface area contributed by atoms with Crippen LogP contribution in [-0.4, -0.2) is 11.4 Å². The van der Waals surface area contributed by atoms with Crippen LogP contribution in [0, 0.1) is 12.3 Å². The Balaban J connectivity index is 2.19. The van der Waals surface area contributed by atoms with Gasteiger partial charge in [-0.15, -0.1) is 6.42 Å². The highest BCUT2D eigenvalue weighted by molar-refractivity contribution is 6.31. The molecule has 0 atom stereocenters. The van der Waals surface area contributed by atoms with Crippen molar-refractivity contribution in [2.75, 3.05) is 0 Å². The molecule has 1 aliphatic carbocycles. The molecule has 0 saturated heterocycles. The van der Waals surface area contributed by atoms with Crippen LogP contribution in [0.15, 0.2) is 18.2 Å². The predicted octanol–water partition coefficient (Wildman–Crippen LogP) is 2.99. The van der Waals surface area contributed by atoms with E-state index < -0.39 is 0 Å². The van der Waals surface area contributed by atoms with E-state index in [0.717, 1.165) is 12.8 Å². The van der Waals surface area contributed by atoms with Crippen LogP contribution in [0.25, 0.3) is 0 Å². The van der Waals surface area contributed by atoms with Crippen molar-refractivity contribution in [1.29, 1.82) is 0 Å². The molecule has 2 nitrogen and oxygen atoms in total. The predicted molar refractivity (Wildman–Crippen MR) is 69.1 cm³/mol. The molecule has 1 saturated carbocycles. The standard InChI is InChI=1S/C14H14ClNO/c1-3-10-7-11(9-12(15)8-10)13(17)16-14(2)5-4-6-14/h1,7-9H,4-6H2,2H3,(H,16,17). The number of amides is 1. The first-order valence-corrected chi connectivity index (χ1v) is 6.00. The van der Waals surface area contributed by atoms with Crippen molar-refractivity contribution in [1.82, 2.24) is 5.32 Å². The zero-order valence-electron chi connectivity index (χ0n) is 9.72. The van der Waals surface area contributed by atoms with Gasteiger partial charge < -0.3 is 5.32 Å². The van der Waals surface area contributed by atoms with Crippen LogP contribution in [0.5, 0.6) is 0 Å². The quantitative estimate of drug-likeness (QED) is 0.800. The van der Waals surface area contributed by atoms with Gasteiger partial charge in [0.1, 0.15) is 0 Å². The van der Waals surface area contributed by atoms with Gasteiger partial charge in [0.25, 0.3) is 5.91 Å². The van der Waals surface area contributed by atoms with Crippen LogP contribution >= 0.6 is 11.6 Å². The Morgan fingerprint density at radius 2 is 2.18 bits per heavy atom. The van der Waals surface area contributed by atoms with Gasteiger partial charge >= 0.3 is 0 Å². The lowest BCUT2D eigenvalue weighted by molar-refractivity contribution is 0.0850. The second-order valence-corrected chi connectivity index (χ2v) is 5.18. The lowest BCUT2D eigenvalue weighted by Gasteiger charge is -2.39. The van der Waals surface area contributed by atoms with Gasteiger partial charge in [-0.3, -0.25) is 4.79 Å². The molecule has 0 aliphatic heterocycles. The number of benzene rings is 1. The fraction of sp³-hybridized carbons (Fsp3) is 0.357. The van der Waals surface area contributed by atoms with Gasteiger partial charge in [-0.25, -0.2) is 0 Å². The maximum Gasteiger partial charge on any atom is 0.251 e. The van der Waals surface area contributed by atoms with Crippen molar-refractivity contribution in [3.8, 4) is 12.3 Å². The highest BCUT2D eigenvalue weighted by Gasteiger charge is 2.33. The summed E-state index contributed by atoms with van der Waals surface area (Å²) in [5.74, 6) is 2.38. The average molecular weight is 248 g/mol. The normalized spacial score (nSPS) is 16.8. The number of halogens is 1. The third-order valence-corrected chi connectivity index (χ3v) is 3.42. The van der Waals surface area contributed by atoms with E-state index in [2.05, 4.69) is 18.2 Å². The first-order chi connectivity index (χ1) is 8.02. The molecule has 1 N–H and O–H groups in total. The molecule has 2 rings (SSSR count). The van der Waals surface area contributed by atoms with Gasteiger partial charge in [0, 0.05) is 21.7 Å². The Labute approximate surface area is 106 Å². The first-order valence-electron chi connectivity index (χ1n) is 5.62. The van der Waals surface area contributed by atoms with Gasteiger partial charge in [-0.05, 0) is 44.4 Å². The van der Waals surface area contributed by atoms with Gasteiger partial charge in [0.05, 0.1) is 0 Å². The molecule has 1 fully saturated rings. The summed E-state index contributed by atoms with van der Waals surface area (Å²) in [4.78, 5) is 12.0. The average Bonchev–Trinajstić information content (AvgIpc) is 2.26. The summed E-state index contributed by atoms with van der Waals surface area (Å²) in [5.41, 5.74) is 1.09. The Morgan fingerprint density at radius 3 is 2.71 bits per heavy atom. The third-order valence-electron chi connectivity index (χ3n) is 3.20. The minimum absolute atomic E-state index is 0.0598. The van der Waals surface area contributed by atoms with Crippen LogP contribution in [0.3, 0.4) is 0 Å². The molecule has 3 heteroatoms. The summed E-state index contributed by atoms with van der Waals surface area (Å²) < 4.78 is 0. The van der Waals surface area contributed by atoms with Gasteiger partial charge in [-0.2, -0.15) is 0 Å². The van der Waals surface area contributed by atoms with E-state index in [1.54, 1.807) is 18.2 Å². The van der Waals surface area contributed by atoms with Crippen molar-refractivity contribution < 1.29 is 4.79 Å². The monoisotopic (exact) mass is 247 g/mol. The molecule has 1 aliphatic rings. The van der Waals surface area contributed by atoms with Crippen molar-refractivity contribution in [3.05, 3.63) is 34.3 Å². The zero-order chi connectivity index (χ0) is 12.5. The van der Waals surface area contributed by atoms with E-state index in [1.165, 1.54) is 6.42 Å². The number of carbonyl (C=O) groups excluding carboxylic acids is 1. The summed E-state index contributed by atoms with van der Waals surface area (Å²) >= 11 is 5.92. The van der Waals surface area contributed by atoms with Crippen LogP contribution in [-0.2, 0) is 0 Å². The molecule has 1 aromatic carbocycles. The van der Waals surface area contributed by atoms with E-state index in [4.69, 9.17) is 18.0 Å². The molecule has 1 amide bonds. The summed E-state index contributed by atoms with van der Waals surface area (Å²) in [5, 5.41) is 3.51. The fourth-order valence-corrected chi connectivity index (χ4v) is 2.22. The van der Waals surface area contributed by atoms with Crippen LogP contribution < -0.4 is 5.32 Å². The van der Waals surface area contributed by atoms with E-state index in [0.29, 0.717) is 16.1 Å². The number of carbonyl (C=O) groups is 1. The molecule has 0 unspecified atom stereocenters. The maximum atomic E-state index is 12.0. The molecular formula is C14H14ClNO. The molecule has 0 aromatic heterocycles. The molecule has 0 heterocycles. The number of rotatable bonds is 2. The summed E-state index contributed by atoms with van der Waals surface area (Å²) in [6.45, 7) is 2.06. The Kier molecular flexibility index (Phi) is 3.13. The van der Waals surface area contributed by atoms with Crippen LogP contribution in [0.2, 0.25) is 5.02 Å². The minimum atomic E-state index is -0.105. The van der Waals surface area contributed by atoms with Crippen molar-refractivity contribution in [2.45, 2.75) is 31.7 Å². The number of terminal acetylenes is 1. The summed E-state index contributed by atoms with van der Waals surface area (Å²) in [7, 11) is 0. The van der Waals surface area contributed by atoms with E-state index in [1.807, 2.05) is 0 Å². The highest BCUT2D eigenvalue weighted by Crippen LogP contribution is 2.31. The smallest absolute Gasteiger partial charge is 0.251 e. The van der Waals surface area contributed by atoms with Crippen molar-refractivity contribution in [3.63, 3.8) is 0 Å². The second kappa shape index (κ2) is 4.43. The second-order valence-electron chi connectivity index (χ2n) is 4.74. The number of hydrogen-bond donors (Lipinski definition) is 1. The SMILES string of the molecule is C#Cc1cc(Cl)cc(C(=O)NC2(C)CCC2)c1. The molecule has 88 valence electrons. The first kappa shape index (κ1) is 12.0. The topological polar surface area (TPSA) is 29.1 Å². The van der Waals surface area contributed by atoms with Crippen molar-refractivity contribution >= 4 is 17.5 Å². The Morgan fingerprint density at radius 1 is 1.47 bits per heavy atom. The molecule has 0 bridgehead atoms. The van der Waals surface area contributed by atoms with E-state index in [9.17, 15) is 4.79 Å². The van der Waals surface area contributed by atoms with Gasteiger partial charge in [0.2, 0.25) is 0 Å². The van der Waals surface area contributed by atoms with Crippen LogP contribution in [0.4, 0.5) is 0 Å². The minimum Gasteiger partial charge on any atom is -0.347 e. The lowest BCUT2D eigenvalue weighted by Crippen LogP contribution is -2.50. The lowest BCUT2D eigenvalue weighted by atomic mass is 9.78. The van der Waals surface area contributed by atoms with Crippen LogP contribution in [0.1, 0.15) is 42.1 Å². The van der Waals surface area contributed by atoms with E-state index >= 15 is 0 Å². The largest absolute Gasteiger partial charge is 0.347 e. The maximum absolute atomic E-state index is 12.0. The molecule has 17 heavy (non-hydrogen) atoms. The zero-order valence-corrected chi connectivity index (χ0v) is 10.5. The number of nitrogens with one attached hydrogen (secondary N) is 1.